The zero-order valence-corrected chi connectivity index (χ0v) is 12.2. The molecule has 1 aromatic heterocycles. The number of aromatic nitrogens is 1. The number of methoxy groups -OCH3 is 1. The van der Waals surface area contributed by atoms with Crippen LogP contribution >= 0.6 is 0 Å². The Labute approximate surface area is 124 Å². The van der Waals surface area contributed by atoms with E-state index in [4.69, 9.17) is 4.74 Å². The molecule has 0 saturated carbocycles. The molecule has 104 valence electrons. The van der Waals surface area contributed by atoms with Crippen LogP contribution < -0.4 is 4.74 Å². The van der Waals surface area contributed by atoms with Gasteiger partial charge in [0.2, 0.25) is 0 Å². The topological polar surface area (TPSA) is 22.1 Å². The zero-order valence-electron chi connectivity index (χ0n) is 12.2. The standard InChI is InChI=1S/C19H17NO/c1-14-13-20-17(12-19(14)21-2)11-10-16-8-5-7-15-6-3-4-9-18(15)16/h3-13H,1-2H3. The molecule has 0 unspecified atom stereocenters. The molecular weight excluding hydrogens is 258 g/mol. The van der Waals surface area contributed by atoms with Crippen molar-refractivity contribution in [3.05, 3.63) is 71.5 Å². The summed E-state index contributed by atoms with van der Waals surface area (Å²) in [6.45, 7) is 1.99. The average molecular weight is 275 g/mol. The van der Waals surface area contributed by atoms with E-state index in [1.165, 1.54) is 16.3 Å². The summed E-state index contributed by atoms with van der Waals surface area (Å²) in [4.78, 5) is 4.42. The van der Waals surface area contributed by atoms with E-state index in [2.05, 4.69) is 53.5 Å². The van der Waals surface area contributed by atoms with E-state index in [1.807, 2.05) is 25.3 Å². The number of ether oxygens (including phenoxy) is 1. The van der Waals surface area contributed by atoms with Crippen LogP contribution in [-0.4, -0.2) is 12.1 Å². The largest absolute Gasteiger partial charge is 0.496 e. The van der Waals surface area contributed by atoms with Crippen molar-refractivity contribution < 1.29 is 4.74 Å². The van der Waals surface area contributed by atoms with Gasteiger partial charge in [-0.3, -0.25) is 4.98 Å². The van der Waals surface area contributed by atoms with E-state index in [0.717, 1.165) is 17.0 Å². The van der Waals surface area contributed by atoms with Crippen LogP contribution in [0.15, 0.2) is 54.7 Å². The normalized spacial score (nSPS) is 11.1. The number of hydrogen-bond donors (Lipinski definition) is 0. The lowest BCUT2D eigenvalue weighted by molar-refractivity contribution is 0.411. The van der Waals surface area contributed by atoms with Crippen LogP contribution in [0.4, 0.5) is 0 Å². The quantitative estimate of drug-likeness (QED) is 0.690. The third-order valence-corrected chi connectivity index (χ3v) is 3.55. The second kappa shape index (κ2) is 5.80. The van der Waals surface area contributed by atoms with Gasteiger partial charge < -0.3 is 4.74 Å². The summed E-state index contributed by atoms with van der Waals surface area (Å²) < 4.78 is 5.33. The van der Waals surface area contributed by atoms with Crippen LogP contribution in [0.1, 0.15) is 16.8 Å². The SMILES string of the molecule is COc1cc(C=Cc2cccc3ccccc23)ncc1C. The first kappa shape index (κ1) is 13.4. The molecule has 0 amide bonds. The summed E-state index contributed by atoms with van der Waals surface area (Å²) in [6, 6.07) is 16.7. The average Bonchev–Trinajstić information content (AvgIpc) is 2.54. The molecule has 3 aromatic rings. The summed E-state index contributed by atoms with van der Waals surface area (Å²) in [5.41, 5.74) is 3.12. The van der Waals surface area contributed by atoms with Crippen LogP contribution in [0.25, 0.3) is 22.9 Å². The Morgan fingerprint density at radius 1 is 1.00 bits per heavy atom. The van der Waals surface area contributed by atoms with Gasteiger partial charge in [-0.25, -0.2) is 0 Å². The van der Waals surface area contributed by atoms with Crippen LogP contribution in [-0.2, 0) is 0 Å². The molecule has 2 aromatic carbocycles. The highest BCUT2D eigenvalue weighted by atomic mass is 16.5. The van der Waals surface area contributed by atoms with Crippen LogP contribution in [0.3, 0.4) is 0 Å². The monoisotopic (exact) mass is 275 g/mol. The van der Waals surface area contributed by atoms with Gasteiger partial charge in [-0.2, -0.15) is 0 Å². The molecule has 0 fully saturated rings. The maximum Gasteiger partial charge on any atom is 0.125 e. The molecule has 2 nitrogen and oxygen atoms in total. The van der Waals surface area contributed by atoms with Crippen LogP contribution in [0.5, 0.6) is 5.75 Å². The molecule has 0 saturated heterocycles. The van der Waals surface area contributed by atoms with E-state index < -0.39 is 0 Å². The molecular formula is C19H17NO. The number of benzene rings is 2. The van der Waals surface area contributed by atoms with Gasteiger partial charge in [-0.15, -0.1) is 0 Å². The number of rotatable bonds is 3. The molecule has 0 radical (unpaired) electrons. The second-order valence-electron chi connectivity index (χ2n) is 4.98. The molecule has 0 bridgehead atoms. The highest BCUT2D eigenvalue weighted by molar-refractivity contribution is 5.92. The smallest absolute Gasteiger partial charge is 0.125 e. The van der Waals surface area contributed by atoms with Crippen LogP contribution in [0.2, 0.25) is 0 Å². The van der Waals surface area contributed by atoms with Crippen molar-refractivity contribution >= 4 is 22.9 Å². The summed E-state index contributed by atoms with van der Waals surface area (Å²) in [5, 5.41) is 2.49. The molecule has 2 heteroatoms. The van der Waals surface area contributed by atoms with Crippen molar-refractivity contribution in [2.75, 3.05) is 7.11 Å². The number of nitrogens with zero attached hydrogens (tertiary/aromatic N) is 1. The van der Waals surface area contributed by atoms with E-state index in [9.17, 15) is 0 Å². The Bertz CT molecular complexity index is 800. The maximum atomic E-state index is 5.33. The number of fused-ring (bicyclic) bond motifs is 1. The predicted octanol–water partition coefficient (Wildman–Crippen LogP) is 4.72. The van der Waals surface area contributed by atoms with Crippen molar-refractivity contribution in [1.29, 1.82) is 0 Å². The summed E-state index contributed by atoms with van der Waals surface area (Å²) >= 11 is 0. The third-order valence-electron chi connectivity index (χ3n) is 3.55. The lowest BCUT2D eigenvalue weighted by Crippen LogP contribution is -1.90. The highest BCUT2D eigenvalue weighted by Gasteiger charge is 2.00. The van der Waals surface area contributed by atoms with Gasteiger partial charge in [0.25, 0.3) is 0 Å². The molecule has 21 heavy (non-hydrogen) atoms. The molecule has 3 rings (SSSR count). The Hall–Kier alpha value is -2.61. The fraction of sp³-hybridized carbons (Fsp3) is 0.105. The van der Waals surface area contributed by atoms with Crippen molar-refractivity contribution in [1.82, 2.24) is 4.98 Å². The minimum absolute atomic E-state index is 0.863. The molecule has 0 aliphatic rings. The van der Waals surface area contributed by atoms with E-state index >= 15 is 0 Å². The first-order valence-corrected chi connectivity index (χ1v) is 6.94. The van der Waals surface area contributed by atoms with Crippen molar-refractivity contribution in [3.8, 4) is 5.75 Å². The van der Waals surface area contributed by atoms with Gasteiger partial charge in [-0.05, 0) is 29.3 Å². The van der Waals surface area contributed by atoms with Gasteiger partial charge >= 0.3 is 0 Å². The minimum Gasteiger partial charge on any atom is -0.496 e. The summed E-state index contributed by atoms with van der Waals surface area (Å²) in [7, 11) is 1.68. The lowest BCUT2D eigenvalue weighted by atomic mass is 10.0. The lowest BCUT2D eigenvalue weighted by Gasteiger charge is -2.05. The van der Waals surface area contributed by atoms with Gasteiger partial charge in [0.1, 0.15) is 5.75 Å². The fourth-order valence-electron chi connectivity index (χ4n) is 2.40. The molecule has 0 N–H and O–H groups in total. The van der Waals surface area contributed by atoms with Gasteiger partial charge in [0.05, 0.1) is 12.8 Å². The summed E-state index contributed by atoms with van der Waals surface area (Å²) in [6.07, 6.45) is 5.95. The number of aryl methyl sites for hydroxylation is 1. The Balaban J connectivity index is 1.98. The molecule has 0 atom stereocenters. The number of hydrogen-bond acceptors (Lipinski definition) is 2. The number of pyridine rings is 1. The Morgan fingerprint density at radius 3 is 2.67 bits per heavy atom. The van der Waals surface area contributed by atoms with Crippen molar-refractivity contribution in [2.24, 2.45) is 0 Å². The van der Waals surface area contributed by atoms with Gasteiger partial charge in [-0.1, -0.05) is 48.5 Å². The van der Waals surface area contributed by atoms with Gasteiger partial charge in [0.15, 0.2) is 0 Å². The second-order valence-corrected chi connectivity index (χ2v) is 4.98. The Kier molecular flexibility index (Phi) is 3.69. The highest BCUT2D eigenvalue weighted by Crippen LogP contribution is 2.22. The first-order chi connectivity index (χ1) is 10.3. The van der Waals surface area contributed by atoms with E-state index in [-0.39, 0.29) is 0 Å². The predicted molar refractivity (Wildman–Crippen MR) is 88.4 cm³/mol. The first-order valence-electron chi connectivity index (χ1n) is 6.94. The van der Waals surface area contributed by atoms with Crippen molar-refractivity contribution in [2.45, 2.75) is 6.92 Å². The summed E-state index contributed by atoms with van der Waals surface area (Å²) in [5.74, 6) is 0.863. The minimum atomic E-state index is 0.863. The molecule has 0 spiro atoms. The van der Waals surface area contributed by atoms with Gasteiger partial charge in [0, 0.05) is 17.8 Å². The molecule has 0 aliphatic heterocycles. The molecule has 1 heterocycles. The van der Waals surface area contributed by atoms with E-state index in [1.54, 1.807) is 7.11 Å². The Morgan fingerprint density at radius 2 is 1.81 bits per heavy atom. The van der Waals surface area contributed by atoms with Crippen LogP contribution in [0, 0.1) is 6.92 Å². The van der Waals surface area contributed by atoms with E-state index in [0.29, 0.717) is 0 Å². The maximum absolute atomic E-state index is 5.33. The van der Waals surface area contributed by atoms with Crippen molar-refractivity contribution in [3.63, 3.8) is 0 Å². The third kappa shape index (κ3) is 2.79. The fourth-order valence-corrected chi connectivity index (χ4v) is 2.40. The molecule has 0 aliphatic carbocycles. The zero-order chi connectivity index (χ0) is 14.7.